The number of thioether (sulfide) groups is 1. The number of carbonyl (C=O) groups is 2. The molecule has 0 bridgehead atoms. The van der Waals surface area contributed by atoms with Gasteiger partial charge in [0.15, 0.2) is 5.37 Å². The number of carbonyl (C=O) groups excluding carboxylic acids is 2. The van der Waals surface area contributed by atoms with Gasteiger partial charge in [-0.05, 0) is 23.9 Å². The topological polar surface area (TPSA) is 49.4 Å². The summed E-state index contributed by atoms with van der Waals surface area (Å²) in [5.74, 6) is -0.253. The highest BCUT2D eigenvalue weighted by molar-refractivity contribution is 8.15. The van der Waals surface area contributed by atoms with Crippen molar-refractivity contribution in [3.8, 4) is 0 Å². The third-order valence-electron chi connectivity index (χ3n) is 2.18. The van der Waals surface area contributed by atoms with Crippen molar-refractivity contribution in [1.82, 2.24) is 5.32 Å². The molecule has 1 aromatic rings. The number of amides is 2. The standard InChI is InChI=1S/C10H10N2O2S/c1-12(7-5-3-2-4-6-7)9-8(13)11-10(14)15-9/h2-6,9H,1H3,(H,11,13,14). The molecule has 4 nitrogen and oxygen atoms in total. The van der Waals surface area contributed by atoms with Crippen LogP contribution in [0, 0.1) is 0 Å². The summed E-state index contributed by atoms with van der Waals surface area (Å²) in [4.78, 5) is 24.2. The number of para-hydroxylation sites is 1. The molecule has 0 saturated carbocycles. The molecule has 0 radical (unpaired) electrons. The Morgan fingerprint density at radius 2 is 1.93 bits per heavy atom. The van der Waals surface area contributed by atoms with Crippen LogP contribution in [0.3, 0.4) is 0 Å². The van der Waals surface area contributed by atoms with Crippen LogP contribution in [0.15, 0.2) is 30.3 Å². The summed E-state index contributed by atoms with van der Waals surface area (Å²) in [7, 11) is 1.80. The predicted molar refractivity (Wildman–Crippen MR) is 59.8 cm³/mol. The van der Waals surface area contributed by atoms with E-state index in [1.807, 2.05) is 30.3 Å². The number of hydrogen-bond acceptors (Lipinski definition) is 4. The fourth-order valence-electron chi connectivity index (χ4n) is 1.40. The number of benzene rings is 1. The Labute approximate surface area is 91.6 Å². The summed E-state index contributed by atoms with van der Waals surface area (Å²) < 4.78 is 0. The molecule has 1 N–H and O–H groups in total. The van der Waals surface area contributed by atoms with E-state index in [2.05, 4.69) is 5.32 Å². The summed E-state index contributed by atoms with van der Waals surface area (Å²) in [6, 6.07) is 9.49. The first-order chi connectivity index (χ1) is 7.18. The summed E-state index contributed by atoms with van der Waals surface area (Å²) in [6.07, 6.45) is 0. The fraction of sp³-hybridized carbons (Fsp3) is 0.200. The van der Waals surface area contributed by atoms with Gasteiger partial charge in [0, 0.05) is 12.7 Å². The normalized spacial score (nSPS) is 20.2. The van der Waals surface area contributed by atoms with Gasteiger partial charge in [0.25, 0.3) is 11.1 Å². The van der Waals surface area contributed by atoms with Crippen LogP contribution in [-0.2, 0) is 4.79 Å². The molecule has 1 atom stereocenters. The minimum absolute atomic E-state index is 0.253. The molecule has 0 aromatic heterocycles. The molecule has 0 spiro atoms. The van der Waals surface area contributed by atoms with Gasteiger partial charge in [-0.15, -0.1) is 0 Å². The Hall–Kier alpha value is -1.49. The van der Waals surface area contributed by atoms with Crippen LogP contribution < -0.4 is 10.2 Å². The van der Waals surface area contributed by atoms with E-state index in [-0.39, 0.29) is 11.1 Å². The van der Waals surface area contributed by atoms with E-state index in [0.29, 0.717) is 0 Å². The zero-order valence-corrected chi connectivity index (χ0v) is 8.95. The van der Waals surface area contributed by atoms with Crippen molar-refractivity contribution >= 4 is 28.6 Å². The van der Waals surface area contributed by atoms with Gasteiger partial charge in [-0.25, -0.2) is 0 Å². The number of nitrogens with zero attached hydrogens (tertiary/aromatic N) is 1. The van der Waals surface area contributed by atoms with Gasteiger partial charge in [0.05, 0.1) is 0 Å². The molecule has 78 valence electrons. The van der Waals surface area contributed by atoms with E-state index < -0.39 is 5.37 Å². The maximum Gasteiger partial charge on any atom is 0.288 e. The van der Waals surface area contributed by atoms with Gasteiger partial charge in [0.1, 0.15) is 0 Å². The van der Waals surface area contributed by atoms with Gasteiger partial charge in [0.2, 0.25) is 0 Å². The van der Waals surface area contributed by atoms with E-state index in [9.17, 15) is 9.59 Å². The van der Waals surface area contributed by atoms with Crippen molar-refractivity contribution in [3.63, 3.8) is 0 Å². The number of likely N-dealkylation sites (N-methyl/N-ethyl adjacent to an activating group) is 1. The Morgan fingerprint density at radius 3 is 2.47 bits per heavy atom. The van der Waals surface area contributed by atoms with Crippen molar-refractivity contribution in [1.29, 1.82) is 0 Å². The molecule has 5 heteroatoms. The smallest absolute Gasteiger partial charge is 0.288 e. The quantitative estimate of drug-likeness (QED) is 0.822. The van der Waals surface area contributed by atoms with E-state index in [4.69, 9.17) is 0 Å². The minimum Gasteiger partial charge on any atom is -0.354 e. The van der Waals surface area contributed by atoms with Gasteiger partial charge < -0.3 is 4.90 Å². The number of imide groups is 1. The van der Waals surface area contributed by atoms with E-state index in [1.54, 1.807) is 11.9 Å². The molecule has 1 unspecified atom stereocenters. The molecule has 1 fully saturated rings. The second-order valence-electron chi connectivity index (χ2n) is 3.19. The zero-order valence-electron chi connectivity index (χ0n) is 8.14. The highest BCUT2D eigenvalue weighted by atomic mass is 32.2. The van der Waals surface area contributed by atoms with Crippen LogP contribution in [0.1, 0.15) is 0 Å². The Bertz CT molecular complexity index is 394. The predicted octanol–water partition coefficient (Wildman–Crippen LogP) is 1.43. The molecular formula is C10H10N2O2S. The van der Waals surface area contributed by atoms with Crippen LogP contribution in [-0.4, -0.2) is 23.6 Å². The minimum atomic E-state index is -0.458. The van der Waals surface area contributed by atoms with Crippen molar-refractivity contribution in [2.24, 2.45) is 0 Å². The molecule has 0 aliphatic carbocycles. The number of rotatable bonds is 2. The van der Waals surface area contributed by atoms with Crippen LogP contribution in [0.4, 0.5) is 10.5 Å². The average molecular weight is 222 g/mol. The van der Waals surface area contributed by atoms with Crippen LogP contribution in [0.2, 0.25) is 0 Å². The molecule has 15 heavy (non-hydrogen) atoms. The van der Waals surface area contributed by atoms with Gasteiger partial charge in [-0.3, -0.25) is 14.9 Å². The highest BCUT2D eigenvalue weighted by Crippen LogP contribution is 2.25. The average Bonchev–Trinajstić information content (AvgIpc) is 2.58. The first kappa shape index (κ1) is 10.0. The van der Waals surface area contributed by atoms with Crippen molar-refractivity contribution in [2.45, 2.75) is 5.37 Å². The lowest BCUT2D eigenvalue weighted by Gasteiger charge is -2.22. The van der Waals surface area contributed by atoms with Crippen molar-refractivity contribution in [3.05, 3.63) is 30.3 Å². The maximum atomic E-state index is 11.4. The second kappa shape index (κ2) is 3.94. The molecule has 1 saturated heterocycles. The summed E-state index contributed by atoms with van der Waals surface area (Å²) in [5, 5.41) is 1.52. The molecule has 1 aromatic carbocycles. The van der Waals surface area contributed by atoms with Crippen molar-refractivity contribution in [2.75, 3.05) is 11.9 Å². The van der Waals surface area contributed by atoms with E-state index in [1.165, 1.54) is 0 Å². The SMILES string of the molecule is CN(c1ccccc1)C1SC(=O)NC1=O. The Kier molecular flexibility index (Phi) is 2.64. The Balaban J connectivity index is 2.18. The molecule has 1 aliphatic rings. The van der Waals surface area contributed by atoms with E-state index in [0.717, 1.165) is 17.4 Å². The largest absolute Gasteiger partial charge is 0.354 e. The number of anilines is 1. The third-order valence-corrected chi connectivity index (χ3v) is 3.25. The van der Waals surface area contributed by atoms with Crippen LogP contribution in [0.25, 0.3) is 0 Å². The lowest BCUT2D eigenvalue weighted by molar-refractivity contribution is -0.118. The van der Waals surface area contributed by atoms with Crippen molar-refractivity contribution < 1.29 is 9.59 Å². The zero-order chi connectivity index (χ0) is 10.8. The molecule has 1 aliphatic heterocycles. The summed E-state index contributed by atoms with van der Waals surface area (Å²) in [5.41, 5.74) is 0.917. The second-order valence-corrected chi connectivity index (χ2v) is 4.25. The Morgan fingerprint density at radius 1 is 1.27 bits per heavy atom. The third kappa shape index (κ3) is 1.97. The fourth-order valence-corrected chi connectivity index (χ4v) is 2.21. The van der Waals surface area contributed by atoms with Crippen LogP contribution >= 0.6 is 11.8 Å². The lowest BCUT2D eigenvalue weighted by Crippen LogP contribution is -2.36. The molecule has 1 heterocycles. The van der Waals surface area contributed by atoms with E-state index >= 15 is 0 Å². The first-order valence-electron chi connectivity index (χ1n) is 4.48. The molecule has 2 amide bonds. The monoisotopic (exact) mass is 222 g/mol. The van der Waals surface area contributed by atoms with Gasteiger partial charge in [-0.1, -0.05) is 18.2 Å². The van der Waals surface area contributed by atoms with Gasteiger partial charge >= 0.3 is 0 Å². The molecular weight excluding hydrogens is 212 g/mol. The highest BCUT2D eigenvalue weighted by Gasteiger charge is 2.34. The summed E-state index contributed by atoms with van der Waals surface area (Å²) in [6.45, 7) is 0. The van der Waals surface area contributed by atoms with Crippen LogP contribution in [0.5, 0.6) is 0 Å². The van der Waals surface area contributed by atoms with Gasteiger partial charge in [-0.2, -0.15) is 0 Å². The number of hydrogen-bond donors (Lipinski definition) is 1. The molecule has 2 rings (SSSR count). The maximum absolute atomic E-state index is 11.4. The first-order valence-corrected chi connectivity index (χ1v) is 5.36. The number of nitrogens with one attached hydrogen (secondary N) is 1. The lowest BCUT2D eigenvalue weighted by atomic mass is 10.3. The summed E-state index contributed by atoms with van der Waals surface area (Å²) >= 11 is 1.00.